The molecule has 0 radical (unpaired) electrons. The van der Waals surface area contributed by atoms with Crippen LogP contribution in [-0.4, -0.2) is 60.0 Å². The second-order valence-electron chi connectivity index (χ2n) is 7.19. The molecule has 1 aromatic heterocycles. The predicted octanol–water partition coefficient (Wildman–Crippen LogP) is 2.71. The van der Waals surface area contributed by atoms with Crippen molar-refractivity contribution in [1.82, 2.24) is 14.9 Å². The van der Waals surface area contributed by atoms with Gasteiger partial charge in [-0.05, 0) is 31.4 Å². The molecule has 0 unspecified atom stereocenters. The van der Waals surface area contributed by atoms with Crippen molar-refractivity contribution in [3.63, 3.8) is 0 Å². The van der Waals surface area contributed by atoms with Gasteiger partial charge in [-0.25, -0.2) is 18.7 Å². The number of piperidine rings is 1. The van der Waals surface area contributed by atoms with Crippen LogP contribution < -0.4 is 9.80 Å². The number of anilines is 2. The van der Waals surface area contributed by atoms with Crippen molar-refractivity contribution in [3.8, 4) is 0 Å². The lowest BCUT2D eigenvalue weighted by Crippen LogP contribution is -2.49. The Morgan fingerprint density at radius 3 is 2.11 bits per heavy atom. The number of carbonyl (C=O) groups is 1. The molecule has 0 aliphatic carbocycles. The summed E-state index contributed by atoms with van der Waals surface area (Å²) in [4.78, 5) is 27.3. The van der Waals surface area contributed by atoms with Gasteiger partial charge in [0.25, 0.3) is 5.91 Å². The lowest BCUT2D eigenvalue weighted by molar-refractivity contribution is 0.0741. The summed E-state index contributed by atoms with van der Waals surface area (Å²) in [5.74, 6) is -0.136. The molecule has 8 heteroatoms. The van der Waals surface area contributed by atoms with Crippen molar-refractivity contribution in [1.29, 1.82) is 0 Å². The molecule has 2 aliphatic heterocycles. The number of benzene rings is 1. The summed E-state index contributed by atoms with van der Waals surface area (Å²) in [6.45, 7) is 4.15. The Morgan fingerprint density at radius 1 is 0.821 bits per heavy atom. The van der Waals surface area contributed by atoms with E-state index in [4.69, 9.17) is 0 Å². The Bertz CT molecular complexity index is 848. The van der Waals surface area contributed by atoms with Gasteiger partial charge >= 0.3 is 0 Å². The molecular formula is C20H23F2N5O. The van der Waals surface area contributed by atoms with Gasteiger partial charge in [0, 0.05) is 51.4 Å². The fourth-order valence-electron chi connectivity index (χ4n) is 3.78. The van der Waals surface area contributed by atoms with Crippen LogP contribution in [0, 0.1) is 11.6 Å². The maximum Gasteiger partial charge on any atom is 0.256 e. The standard InChI is InChI=1S/C20H23F2N5O/c21-15-4-5-16(17(22)12-15)20(28)27-10-8-26(9-11-27)19-13-18(23-14-24-19)25-6-2-1-3-7-25/h4-5,12-14H,1-3,6-11H2. The summed E-state index contributed by atoms with van der Waals surface area (Å²) in [6.07, 6.45) is 5.21. The second-order valence-corrected chi connectivity index (χ2v) is 7.19. The fourth-order valence-corrected chi connectivity index (χ4v) is 3.78. The molecule has 2 aromatic rings. The van der Waals surface area contributed by atoms with Crippen molar-refractivity contribution >= 4 is 17.5 Å². The van der Waals surface area contributed by atoms with Crippen molar-refractivity contribution in [2.75, 3.05) is 49.1 Å². The Balaban J connectivity index is 1.40. The Morgan fingerprint density at radius 2 is 1.46 bits per heavy atom. The van der Waals surface area contributed by atoms with Gasteiger partial charge in [-0.1, -0.05) is 0 Å². The first-order valence-corrected chi connectivity index (χ1v) is 9.68. The van der Waals surface area contributed by atoms with E-state index in [0.717, 1.165) is 36.9 Å². The first-order chi connectivity index (χ1) is 13.6. The lowest BCUT2D eigenvalue weighted by Gasteiger charge is -2.36. The molecule has 0 spiro atoms. The van der Waals surface area contributed by atoms with E-state index in [2.05, 4.69) is 19.8 Å². The van der Waals surface area contributed by atoms with E-state index in [1.807, 2.05) is 6.07 Å². The van der Waals surface area contributed by atoms with E-state index >= 15 is 0 Å². The van der Waals surface area contributed by atoms with Crippen LogP contribution in [0.15, 0.2) is 30.6 Å². The van der Waals surface area contributed by atoms with Gasteiger partial charge in [0.2, 0.25) is 0 Å². The van der Waals surface area contributed by atoms with Gasteiger partial charge in [-0.3, -0.25) is 4.79 Å². The Kier molecular flexibility index (Phi) is 5.36. The first kappa shape index (κ1) is 18.6. The van der Waals surface area contributed by atoms with Crippen LogP contribution >= 0.6 is 0 Å². The minimum Gasteiger partial charge on any atom is -0.356 e. The topological polar surface area (TPSA) is 52.6 Å². The number of aromatic nitrogens is 2. The number of hydrogen-bond acceptors (Lipinski definition) is 5. The van der Waals surface area contributed by atoms with E-state index in [-0.39, 0.29) is 5.56 Å². The second kappa shape index (κ2) is 8.08. The molecule has 4 rings (SSSR count). The van der Waals surface area contributed by atoms with E-state index < -0.39 is 17.5 Å². The van der Waals surface area contributed by atoms with Crippen molar-refractivity contribution in [3.05, 3.63) is 47.8 Å². The lowest BCUT2D eigenvalue weighted by atomic mass is 10.1. The molecular weight excluding hydrogens is 364 g/mol. The minimum atomic E-state index is -0.825. The Labute approximate surface area is 162 Å². The summed E-state index contributed by atoms with van der Waals surface area (Å²) in [5.41, 5.74) is -0.0933. The zero-order valence-electron chi connectivity index (χ0n) is 15.7. The number of piperazine rings is 1. The summed E-state index contributed by atoms with van der Waals surface area (Å²) < 4.78 is 27.0. The molecule has 6 nitrogen and oxygen atoms in total. The molecule has 0 atom stereocenters. The van der Waals surface area contributed by atoms with Gasteiger partial charge < -0.3 is 14.7 Å². The van der Waals surface area contributed by atoms with Crippen molar-refractivity contribution in [2.24, 2.45) is 0 Å². The van der Waals surface area contributed by atoms with E-state index in [0.29, 0.717) is 26.2 Å². The van der Waals surface area contributed by atoms with Crippen LogP contribution in [0.5, 0.6) is 0 Å². The Hall–Kier alpha value is -2.77. The summed E-state index contributed by atoms with van der Waals surface area (Å²) >= 11 is 0. The molecule has 2 fully saturated rings. The van der Waals surface area contributed by atoms with E-state index in [9.17, 15) is 13.6 Å². The SMILES string of the molecule is O=C(c1ccc(F)cc1F)N1CCN(c2cc(N3CCCCC3)ncn2)CC1. The van der Waals surface area contributed by atoms with Gasteiger partial charge in [-0.15, -0.1) is 0 Å². The molecule has 0 bridgehead atoms. The molecule has 0 saturated carbocycles. The van der Waals surface area contributed by atoms with E-state index in [1.165, 1.54) is 25.3 Å². The van der Waals surface area contributed by atoms with Crippen molar-refractivity contribution in [2.45, 2.75) is 19.3 Å². The molecule has 28 heavy (non-hydrogen) atoms. The van der Waals surface area contributed by atoms with Crippen LogP contribution in [0.1, 0.15) is 29.6 Å². The predicted molar refractivity (Wildman–Crippen MR) is 103 cm³/mol. The number of hydrogen-bond donors (Lipinski definition) is 0. The monoisotopic (exact) mass is 387 g/mol. The maximum absolute atomic E-state index is 13.9. The number of carbonyl (C=O) groups excluding carboxylic acids is 1. The average molecular weight is 387 g/mol. The molecule has 148 valence electrons. The smallest absolute Gasteiger partial charge is 0.256 e. The summed E-state index contributed by atoms with van der Waals surface area (Å²) in [7, 11) is 0. The molecule has 2 aliphatic rings. The highest BCUT2D eigenvalue weighted by Crippen LogP contribution is 2.22. The molecule has 1 amide bonds. The number of halogens is 2. The average Bonchev–Trinajstić information content (AvgIpc) is 2.74. The summed E-state index contributed by atoms with van der Waals surface area (Å²) in [5, 5.41) is 0. The molecule has 2 saturated heterocycles. The number of rotatable bonds is 3. The first-order valence-electron chi connectivity index (χ1n) is 9.68. The number of amides is 1. The third kappa shape index (κ3) is 3.90. The van der Waals surface area contributed by atoms with Crippen LogP contribution in [-0.2, 0) is 0 Å². The van der Waals surface area contributed by atoms with Crippen LogP contribution in [0.4, 0.5) is 20.4 Å². The quantitative estimate of drug-likeness (QED) is 0.811. The van der Waals surface area contributed by atoms with Crippen LogP contribution in [0.3, 0.4) is 0 Å². The highest BCUT2D eigenvalue weighted by Gasteiger charge is 2.25. The normalized spacial score (nSPS) is 17.7. The van der Waals surface area contributed by atoms with E-state index in [1.54, 1.807) is 11.2 Å². The highest BCUT2D eigenvalue weighted by atomic mass is 19.1. The van der Waals surface area contributed by atoms with Gasteiger partial charge in [-0.2, -0.15) is 0 Å². The fraction of sp³-hybridized carbons (Fsp3) is 0.450. The number of nitrogens with zero attached hydrogens (tertiary/aromatic N) is 5. The van der Waals surface area contributed by atoms with Gasteiger partial charge in [0.1, 0.15) is 29.6 Å². The third-order valence-corrected chi connectivity index (χ3v) is 5.37. The van der Waals surface area contributed by atoms with Crippen molar-refractivity contribution < 1.29 is 13.6 Å². The zero-order chi connectivity index (χ0) is 19.5. The van der Waals surface area contributed by atoms with Gasteiger partial charge in [0.15, 0.2) is 0 Å². The molecule has 1 aromatic carbocycles. The maximum atomic E-state index is 13.9. The van der Waals surface area contributed by atoms with Crippen LogP contribution in [0.2, 0.25) is 0 Å². The van der Waals surface area contributed by atoms with Crippen LogP contribution in [0.25, 0.3) is 0 Å². The van der Waals surface area contributed by atoms with Gasteiger partial charge in [0.05, 0.1) is 5.56 Å². The molecule has 3 heterocycles. The molecule has 0 N–H and O–H groups in total. The zero-order valence-corrected chi connectivity index (χ0v) is 15.7. The highest BCUT2D eigenvalue weighted by molar-refractivity contribution is 5.94. The summed E-state index contributed by atoms with van der Waals surface area (Å²) in [6, 6.07) is 5.05. The largest absolute Gasteiger partial charge is 0.356 e. The minimum absolute atomic E-state index is 0.0933. The third-order valence-electron chi connectivity index (χ3n) is 5.37.